The maximum Gasteiger partial charge on any atom is 0.211 e. The van der Waals surface area contributed by atoms with Gasteiger partial charge in [-0.25, -0.2) is 18.4 Å². The van der Waals surface area contributed by atoms with Gasteiger partial charge in [0.1, 0.15) is 29.7 Å². The van der Waals surface area contributed by atoms with Gasteiger partial charge in [-0.1, -0.05) is 30.0 Å². The van der Waals surface area contributed by atoms with E-state index in [2.05, 4.69) is 27.1 Å². The molecule has 1 saturated heterocycles. The fourth-order valence-electron chi connectivity index (χ4n) is 4.01. The maximum atomic E-state index is 11.9. The predicted octanol–water partition coefficient (Wildman–Crippen LogP) is 4.49. The van der Waals surface area contributed by atoms with Crippen LogP contribution in [0.15, 0.2) is 73.1 Å². The number of aromatic nitrogens is 2. The van der Waals surface area contributed by atoms with E-state index in [1.54, 1.807) is 0 Å². The highest BCUT2D eigenvalue weighted by Gasteiger charge is 2.25. The fraction of sp³-hybridized carbons (Fsp3) is 0.214. The topological polar surface area (TPSA) is 93.7 Å². The number of ether oxygens (including phenoxy) is 2. The van der Waals surface area contributed by atoms with E-state index >= 15 is 0 Å². The van der Waals surface area contributed by atoms with E-state index < -0.39 is 16.1 Å². The summed E-state index contributed by atoms with van der Waals surface area (Å²) in [7, 11) is -3.27. The molecule has 0 amide bonds. The zero-order chi connectivity index (χ0) is 25.8. The molecule has 37 heavy (non-hydrogen) atoms. The molecule has 3 aromatic carbocycles. The Labute approximate surface area is 216 Å². The van der Waals surface area contributed by atoms with Gasteiger partial charge in [-0.05, 0) is 61.0 Å². The van der Waals surface area contributed by atoms with Gasteiger partial charge in [-0.3, -0.25) is 0 Å². The molecule has 5 rings (SSSR count). The molecule has 2 heterocycles. The number of nitrogens with one attached hydrogen (secondary N) is 1. The molecule has 1 aliphatic rings. The van der Waals surface area contributed by atoms with Crippen LogP contribution < -0.4 is 10.1 Å². The molecule has 1 aromatic heterocycles. The Hall–Kier alpha value is -3.97. The molecule has 4 aromatic rings. The lowest BCUT2D eigenvalue weighted by Gasteiger charge is -2.28. The Bertz CT molecular complexity index is 1600. The summed E-state index contributed by atoms with van der Waals surface area (Å²) in [6.07, 6.45) is 2.24. The molecule has 0 bridgehead atoms. The van der Waals surface area contributed by atoms with E-state index in [0.29, 0.717) is 19.0 Å². The number of nitrogens with zero attached hydrogens (tertiary/aromatic N) is 3. The zero-order valence-corrected chi connectivity index (χ0v) is 21.3. The van der Waals surface area contributed by atoms with Crippen molar-refractivity contribution >= 4 is 32.4 Å². The van der Waals surface area contributed by atoms with Gasteiger partial charge >= 0.3 is 0 Å². The average Bonchev–Trinajstić information content (AvgIpc) is 2.89. The number of morpholine rings is 1. The van der Waals surface area contributed by atoms with Crippen molar-refractivity contribution in [3.05, 3.63) is 84.2 Å². The number of benzene rings is 3. The van der Waals surface area contributed by atoms with E-state index in [0.717, 1.165) is 39.2 Å². The molecule has 188 valence electrons. The minimum absolute atomic E-state index is 0.221. The summed E-state index contributed by atoms with van der Waals surface area (Å²) in [6.45, 7) is 2.88. The predicted molar refractivity (Wildman–Crippen MR) is 144 cm³/mol. The van der Waals surface area contributed by atoms with E-state index in [-0.39, 0.29) is 6.54 Å². The summed E-state index contributed by atoms with van der Waals surface area (Å²) in [5, 5.41) is 4.20. The van der Waals surface area contributed by atoms with Crippen LogP contribution in [0.5, 0.6) is 11.5 Å². The molecule has 8 nitrogen and oxygen atoms in total. The first-order valence-corrected chi connectivity index (χ1v) is 13.6. The number of hydrogen-bond donors (Lipinski definition) is 1. The van der Waals surface area contributed by atoms with Gasteiger partial charge in [0.25, 0.3) is 0 Å². The van der Waals surface area contributed by atoms with E-state index in [1.165, 1.54) is 16.9 Å². The smallest absolute Gasteiger partial charge is 0.211 e. The van der Waals surface area contributed by atoms with Crippen LogP contribution >= 0.6 is 0 Å². The van der Waals surface area contributed by atoms with Crippen LogP contribution in [0, 0.1) is 18.8 Å². The third-order valence-corrected chi connectivity index (χ3v) is 7.19. The Morgan fingerprint density at radius 3 is 2.70 bits per heavy atom. The summed E-state index contributed by atoms with van der Waals surface area (Å²) in [5.41, 5.74) is 3.38. The van der Waals surface area contributed by atoms with Gasteiger partial charge in [-0.2, -0.15) is 4.31 Å². The molecule has 1 unspecified atom stereocenters. The molecular formula is C28H26N4O4S. The number of fused-ring (bicyclic) bond motifs is 1. The van der Waals surface area contributed by atoms with Gasteiger partial charge in [-0.15, -0.1) is 0 Å². The monoisotopic (exact) mass is 514 g/mol. The van der Waals surface area contributed by atoms with Crippen LogP contribution in [-0.4, -0.2) is 54.7 Å². The van der Waals surface area contributed by atoms with Crippen LogP contribution in [0.25, 0.3) is 10.9 Å². The van der Waals surface area contributed by atoms with Crippen molar-refractivity contribution in [1.82, 2.24) is 14.3 Å². The standard InChI is InChI=1S/C28H26N4O4S/c1-20-16-22(10-13-27(20)36-23-6-4-3-5-7-23)31-28-25-17-21(9-12-26(25)29-19-30-28)8-11-24-18-32(14-15-35-24)37(2,33)34/h3-7,9-10,12-13,16-17,19,24H,14-15,18H2,1-2H3,(H,29,30,31). The second-order valence-corrected chi connectivity index (χ2v) is 10.7. The minimum atomic E-state index is -3.27. The SMILES string of the molecule is Cc1cc(Nc2ncnc3ccc(C#CC4CN(S(C)(=O)=O)CCO4)cc23)ccc1Oc1ccccc1. The molecule has 9 heteroatoms. The van der Waals surface area contributed by atoms with Crippen molar-refractivity contribution < 1.29 is 17.9 Å². The maximum absolute atomic E-state index is 11.9. The summed E-state index contributed by atoms with van der Waals surface area (Å²) >= 11 is 0. The number of para-hydroxylation sites is 1. The molecule has 1 N–H and O–H groups in total. The number of aryl methyl sites for hydroxylation is 1. The van der Waals surface area contributed by atoms with Gasteiger partial charge in [0.2, 0.25) is 10.0 Å². The molecular weight excluding hydrogens is 488 g/mol. The third kappa shape index (κ3) is 6.06. The Balaban J connectivity index is 1.36. The molecule has 0 radical (unpaired) electrons. The lowest BCUT2D eigenvalue weighted by Crippen LogP contribution is -2.44. The zero-order valence-electron chi connectivity index (χ0n) is 20.5. The molecule has 0 spiro atoms. The van der Waals surface area contributed by atoms with Crippen molar-refractivity contribution in [2.75, 3.05) is 31.3 Å². The first-order valence-electron chi connectivity index (χ1n) is 11.8. The highest BCUT2D eigenvalue weighted by Crippen LogP contribution is 2.30. The first kappa shape index (κ1) is 24.7. The Morgan fingerprint density at radius 1 is 1.08 bits per heavy atom. The van der Waals surface area contributed by atoms with E-state index in [9.17, 15) is 8.42 Å². The Morgan fingerprint density at radius 2 is 1.92 bits per heavy atom. The molecule has 1 fully saturated rings. The van der Waals surface area contributed by atoms with Crippen molar-refractivity contribution in [3.8, 4) is 23.3 Å². The molecule has 0 aliphatic carbocycles. The van der Waals surface area contributed by atoms with Crippen LogP contribution in [0.4, 0.5) is 11.5 Å². The molecule has 1 aliphatic heterocycles. The average molecular weight is 515 g/mol. The van der Waals surface area contributed by atoms with Crippen molar-refractivity contribution in [1.29, 1.82) is 0 Å². The van der Waals surface area contributed by atoms with Crippen LogP contribution in [0.2, 0.25) is 0 Å². The largest absolute Gasteiger partial charge is 0.457 e. The quantitative estimate of drug-likeness (QED) is 0.392. The van der Waals surface area contributed by atoms with E-state index in [4.69, 9.17) is 9.47 Å². The summed E-state index contributed by atoms with van der Waals surface area (Å²) < 4.78 is 36.7. The highest BCUT2D eigenvalue weighted by atomic mass is 32.2. The number of anilines is 2. The van der Waals surface area contributed by atoms with Gasteiger partial charge in [0.05, 0.1) is 24.9 Å². The lowest BCUT2D eigenvalue weighted by atomic mass is 10.1. The van der Waals surface area contributed by atoms with Crippen molar-refractivity contribution in [2.24, 2.45) is 0 Å². The third-order valence-electron chi connectivity index (χ3n) is 5.92. The fourth-order valence-corrected chi connectivity index (χ4v) is 4.82. The summed E-state index contributed by atoms with van der Waals surface area (Å²) in [5.74, 6) is 8.38. The van der Waals surface area contributed by atoms with E-state index in [1.807, 2.05) is 73.7 Å². The number of rotatable bonds is 5. The highest BCUT2D eigenvalue weighted by molar-refractivity contribution is 7.88. The first-order chi connectivity index (χ1) is 17.8. The summed E-state index contributed by atoms with van der Waals surface area (Å²) in [4.78, 5) is 8.82. The van der Waals surface area contributed by atoms with Crippen LogP contribution in [0.1, 0.15) is 11.1 Å². The molecule has 1 atom stereocenters. The second-order valence-electron chi connectivity index (χ2n) is 8.72. The molecule has 0 saturated carbocycles. The second kappa shape index (κ2) is 10.6. The normalized spacial score (nSPS) is 16.1. The number of hydrogen-bond acceptors (Lipinski definition) is 7. The minimum Gasteiger partial charge on any atom is -0.457 e. The van der Waals surface area contributed by atoms with Crippen LogP contribution in [0.3, 0.4) is 0 Å². The van der Waals surface area contributed by atoms with Gasteiger partial charge in [0.15, 0.2) is 0 Å². The lowest BCUT2D eigenvalue weighted by molar-refractivity contribution is 0.0325. The summed E-state index contributed by atoms with van der Waals surface area (Å²) in [6, 6.07) is 21.2. The van der Waals surface area contributed by atoms with Crippen molar-refractivity contribution in [2.45, 2.75) is 13.0 Å². The van der Waals surface area contributed by atoms with Crippen LogP contribution in [-0.2, 0) is 14.8 Å². The van der Waals surface area contributed by atoms with Gasteiger partial charge < -0.3 is 14.8 Å². The number of sulfonamides is 1. The van der Waals surface area contributed by atoms with Gasteiger partial charge in [0, 0.05) is 23.2 Å². The van der Waals surface area contributed by atoms with Crippen molar-refractivity contribution in [3.63, 3.8) is 0 Å². The Kier molecular flexibility index (Phi) is 7.06.